The van der Waals surface area contributed by atoms with Crippen molar-refractivity contribution < 1.29 is 14.6 Å². The van der Waals surface area contributed by atoms with Crippen LogP contribution in [0.4, 0.5) is 0 Å². The second-order valence-electron chi connectivity index (χ2n) is 5.30. The number of carboxylic acid groups (broad SMARTS) is 1. The fraction of sp³-hybridized carbons (Fsp3) is 0.692. The Hall–Kier alpha value is -0.980. The zero-order valence-corrected chi connectivity index (χ0v) is 12.3. The van der Waals surface area contributed by atoms with Gasteiger partial charge in [-0.2, -0.15) is 0 Å². The molecular formula is C13H20N2O3S. The molecule has 0 aromatic carbocycles. The molecule has 2 unspecified atom stereocenters. The highest BCUT2D eigenvalue weighted by Crippen LogP contribution is 2.23. The maximum atomic E-state index is 11.1. The zero-order valence-electron chi connectivity index (χ0n) is 11.5. The van der Waals surface area contributed by atoms with E-state index >= 15 is 0 Å². The lowest BCUT2D eigenvalue weighted by Crippen LogP contribution is -2.40. The van der Waals surface area contributed by atoms with Crippen LogP contribution < -0.4 is 0 Å². The monoisotopic (exact) mass is 284 g/mol. The number of hydrogen-bond acceptors (Lipinski definition) is 5. The lowest BCUT2D eigenvalue weighted by molar-refractivity contribution is -0.143. The minimum Gasteiger partial charge on any atom is -0.481 e. The molecule has 0 aliphatic carbocycles. The van der Waals surface area contributed by atoms with Crippen LogP contribution in [0, 0.1) is 5.92 Å². The molecule has 106 valence electrons. The maximum Gasteiger partial charge on any atom is 0.310 e. The average molecular weight is 284 g/mol. The van der Waals surface area contributed by atoms with Crippen molar-refractivity contribution in [3.63, 3.8) is 0 Å². The summed E-state index contributed by atoms with van der Waals surface area (Å²) in [5, 5.41) is 12.3. The van der Waals surface area contributed by atoms with Crippen molar-refractivity contribution in [2.24, 2.45) is 5.92 Å². The van der Waals surface area contributed by atoms with Gasteiger partial charge in [-0.25, -0.2) is 4.98 Å². The van der Waals surface area contributed by atoms with Gasteiger partial charge in [-0.3, -0.25) is 9.69 Å². The molecule has 1 aliphatic heterocycles. The minimum atomic E-state index is -0.782. The number of ether oxygens (including phenoxy) is 1. The van der Waals surface area contributed by atoms with E-state index in [9.17, 15) is 4.79 Å². The normalized spacial score (nSPS) is 23.4. The molecule has 6 heteroatoms. The summed E-state index contributed by atoms with van der Waals surface area (Å²) in [4.78, 5) is 17.8. The van der Waals surface area contributed by atoms with E-state index < -0.39 is 11.9 Å². The predicted octanol–water partition coefficient (Wildman–Crippen LogP) is 1.80. The Morgan fingerprint density at radius 2 is 2.37 bits per heavy atom. The Labute approximate surface area is 117 Å². The largest absolute Gasteiger partial charge is 0.481 e. The van der Waals surface area contributed by atoms with E-state index in [0.29, 0.717) is 25.7 Å². The van der Waals surface area contributed by atoms with Gasteiger partial charge in [0.25, 0.3) is 0 Å². The smallest absolute Gasteiger partial charge is 0.310 e. The van der Waals surface area contributed by atoms with Gasteiger partial charge in [0.2, 0.25) is 0 Å². The molecule has 0 spiro atoms. The van der Waals surface area contributed by atoms with Crippen LogP contribution in [0.2, 0.25) is 0 Å². The lowest BCUT2D eigenvalue weighted by Gasteiger charge is -2.25. The minimum absolute atomic E-state index is 0.0679. The van der Waals surface area contributed by atoms with Crippen LogP contribution in [-0.2, 0) is 16.1 Å². The quantitative estimate of drug-likeness (QED) is 0.893. The van der Waals surface area contributed by atoms with Gasteiger partial charge >= 0.3 is 5.97 Å². The Morgan fingerprint density at radius 3 is 2.95 bits per heavy atom. The van der Waals surface area contributed by atoms with Crippen LogP contribution in [0.15, 0.2) is 5.38 Å². The number of hydrogen-bond donors (Lipinski definition) is 1. The molecule has 1 aliphatic rings. The Balaban J connectivity index is 1.99. The first-order valence-electron chi connectivity index (χ1n) is 6.44. The van der Waals surface area contributed by atoms with Crippen molar-refractivity contribution in [3.05, 3.63) is 16.1 Å². The number of aliphatic carboxylic acids is 1. The van der Waals surface area contributed by atoms with E-state index in [0.717, 1.165) is 10.7 Å². The van der Waals surface area contributed by atoms with Gasteiger partial charge in [0, 0.05) is 23.9 Å². The average Bonchev–Trinajstić information content (AvgIpc) is 2.96. The highest BCUT2D eigenvalue weighted by molar-refractivity contribution is 7.09. The molecule has 1 saturated heterocycles. The summed E-state index contributed by atoms with van der Waals surface area (Å²) in [5.41, 5.74) is 1.01. The van der Waals surface area contributed by atoms with Crippen molar-refractivity contribution in [3.8, 4) is 0 Å². The van der Waals surface area contributed by atoms with E-state index in [1.807, 2.05) is 11.9 Å². The molecular weight excluding hydrogens is 264 g/mol. The number of carbonyl (C=O) groups is 1. The van der Waals surface area contributed by atoms with Crippen LogP contribution in [0.25, 0.3) is 0 Å². The SMILES string of the molecule is CC(C)c1nc(CN(C)C2COCC2C(=O)O)cs1. The number of nitrogens with zero attached hydrogens (tertiary/aromatic N) is 2. The van der Waals surface area contributed by atoms with Crippen molar-refractivity contribution in [1.29, 1.82) is 0 Å². The van der Waals surface area contributed by atoms with Crippen molar-refractivity contribution in [1.82, 2.24) is 9.88 Å². The molecule has 0 radical (unpaired) electrons. The van der Waals surface area contributed by atoms with Crippen LogP contribution in [0.3, 0.4) is 0 Å². The van der Waals surface area contributed by atoms with Gasteiger partial charge in [-0.05, 0) is 7.05 Å². The zero-order chi connectivity index (χ0) is 14.0. The van der Waals surface area contributed by atoms with Crippen LogP contribution in [0.1, 0.15) is 30.5 Å². The van der Waals surface area contributed by atoms with Crippen molar-refractivity contribution in [2.75, 3.05) is 20.3 Å². The second kappa shape index (κ2) is 5.98. The van der Waals surface area contributed by atoms with Crippen molar-refractivity contribution in [2.45, 2.75) is 32.4 Å². The first-order chi connectivity index (χ1) is 8.99. The van der Waals surface area contributed by atoms with E-state index in [4.69, 9.17) is 9.84 Å². The van der Waals surface area contributed by atoms with Crippen molar-refractivity contribution >= 4 is 17.3 Å². The highest BCUT2D eigenvalue weighted by atomic mass is 32.1. The van der Waals surface area contributed by atoms with Gasteiger partial charge in [0.05, 0.1) is 29.8 Å². The molecule has 1 aromatic heterocycles. The summed E-state index contributed by atoms with van der Waals surface area (Å²) >= 11 is 1.66. The summed E-state index contributed by atoms with van der Waals surface area (Å²) in [5.74, 6) is -0.783. The molecule has 2 atom stereocenters. The molecule has 0 bridgehead atoms. The number of aromatic nitrogens is 1. The fourth-order valence-electron chi connectivity index (χ4n) is 2.25. The van der Waals surface area contributed by atoms with Crippen LogP contribution >= 0.6 is 11.3 Å². The topological polar surface area (TPSA) is 62.7 Å². The summed E-state index contributed by atoms with van der Waals surface area (Å²) in [7, 11) is 1.93. The molecule has 1 aromatic rings. The number of rotatable bonds is 5. The van der Waals surface area contributed by atoms with Gasteiger partial charge in [0.15, 0.2) is 0 Å². The standard InChI is InChI=1S/C13H20N2O3S/c1-8(2)12-14-9(7-19-12)4-15(3)11-6-18-5-10(11)13(16)17/h7-8,10-11H,4-6H2,1-3H3,(H,16,17). The highest BCUT2D eigenvalue weighted by Gasteiger charge is 2.36. The summed E-state index contributed by atoms with van der Waals surface area (Å²) in [6, 6.07) is -0.0679. The Bertz CT molecular complexity index is 447. The van der Waals surface area contributed by atoms with Crippen LogP contribution in [0.5, 0.6) is 0 Å². The van der Waals surface area contributed by atoms with Gasteiger partial charge in [0.1, 0.15) is 0 Å². The van der Waals surface area contributed by atoms with Gasteiger partial charge in [-0.15, -0.1) is 11.3 Å². The Kier molecular flexibility index (Phi) is 4.54. The Morgan fingerprint density at radius 1 is 1.63 bits per heavy atom. The summed E-state index contributed by atoms with van der Waals surface area (Å²) in [6.45, 7) is 5.70. The third kappa shape index (κ3) is 3.32. The molecule has 19 heavy (non-hydrogen) atoms. The number of thiazole rings is 1. The lowest BCUT2D eigenvalue weighted by atomic mass is 10.0. The molecule has 1 N–H and O–H groups in total. The molecule has 5 nitrogen and oxygen atoms in total. The molecule has 1 fully saturated rings. The molecule has 2 rings (SSSR count). The van der Waals surface area contributed by atoms with E-state index in [-0.39, 0.29) is 6.04 Å². The first-order valence-corrected chi connectivity index (χ1v) is 7.32. The van der Waals surface area contributed by atoms with E-state index in [1.165, 1.54) is 0 Å². The maximum absolute atomic E-state index is 11.1. The first kappa shape index (κ1) is 14.4. The third-order valence-electron chi connectivity index (χ3n) is 3.41. The van der Waals surface area contributed by atoms with Gasteiger partial charge < -0.3 is 9.84 Å². The molecule has 0 amide bonds. The number of carboxylic acids is 1. The van der Waals surface area contributed by atoms with E-state index in [2.05, 4.69) is 24.2 Å². The summed E-state index contributed by atoms with van der Waals surface area (Å²) in [6.07, 6.45) is 0. The third-order valence-corrected chi connectivity index (χ3v) is 4.60. The molecule has 0 saturated carbocycles. The second-order valence-corrected chi connectivity index (χ2v) is 6.19. The fourth-order valence-corrected chi connectivity index (χ4v) is 3.07. The molecule has 2 heterocycles. The number of likely N-dealkylation sites (N-methyl/N-ethyl adjacent to an activating group) is 1. The van der Waals surface area contributed by atoms with E-state index in [1.54, 1.807) is 11.3 Å². The summed E-state index contributed by atoms with van der Waals surface area (Å²) < 4.78 is 5.29. The van der Waals surface area contributed by atoms with Gasteiger partial charge in [-0.1, -0.05) is 13.8 Å². The van der Waals surface area contributed by atoms with Crippen LogP contribution in [-0.4, -0.2) is 47.3 Å². The predicted molar refractivity (Wildman–Crippen MR) is 73.4 cm³/mol.